The van der Waals surface area contributed by atoms with E-state index in [1.807, 2.05) is 18.4 Å². The number of aromatic nitrogens is 1. The van der Waals surface area contributed by atoms with Gasteiger partial charge in [0.15, 0.2) is 0 Å². The summed E-state index contributed by atoms with van der Waals surface area (Å²) < 4.78 is 5.50. The van der Waals surface area contributed by atoms with E-state index in [2.05, 4.69) is 19.2 Å². The van der Waals surface area contributed by atoms with Crippen LogP contribution in [0.1, 0.15) is 42.3 Å². The fraction of sp³-hybridized carbons (Fsp3) is 0.769. The molecule has 0 radical (unpaired) electrons. The third-order valence-corrected chi connectivity index (χ3v) is 5.37. The fourth-order valence-electron chi connectivity index (χ4n) is 2.29. The lowest BCUT2D eigenvalue weighted by Gasteiger charge is -2.32. The van der Waals surface area contributed by atoms with Crippen molar-refractivity contribution in [3.8, 4) is 0 Å². The molecule has 2 atom stereocenters. The van der Waals surface area contributed by atoms with E-state index in [0.717, 1.165) is 6.42 Å². The number of methoxy groups -OCH3 is 1. The van der Waals surface area contributed by atoms with Crippen molar-refractivity contribution < 1.29 is 4.74 Å². The minimum Gasteiger partial charge on any atom is -0.379 e. The summed E-state index contributed by atoms with van der Waals surface area (Å²) in [5.41, 5.74) is 1.14. The van der Waals surface area contributed by atoms with Gasteiger partial charge >= 0.3 is 0 Å². The van der Waals surface area contributed by atoms with Crippen LogP contribution in [0.15, 0.2) is 0 Å². The number of thiazole rings is 1. The van der Waals surface area contributed by atoms with Crippen LogP contribution in [0.3, 0.4) is 0 Å². The van der Waals surface area contributed by atoms with Crippen LogP contribution in [0.4, 0.5) is 0 Å². The molecule has 0 spiro atoms. The van der Waals surface area contributed by atoms with E-state index in [0.29, 0.717) is 0 Å². The molecule has 0 bridgehead atoms. The normalized spacial score (nSPS) is 20.7. The Morgan fingerprint density at radius 1 is 1.41 bits per heavy atom. The Hall–Kier alpha value is -0.450. The predicted octanol–water partition coefficient (Wildman–Crippen LogP) is 2.49. The maximum absolute atomic E-state index is 5.50. The van der Waals surface area contributed by atoms with Gasteiger partial charge in [-0.05, 0) is 46.6 Å². The van der Waals surface area contributed by atoms with Gasteiger partial charge in [0, 0.05) is 12.0 Å². The van der Waals surface area contributed by atoms with Gasteiger partial charge in [-0.1, -0.05) is 0 Å². The molecule has 1 N–H and O–H groups in total. The lowest BCUT2D eigenvalue weighted by Crippen LogP contribution is -2.47. The molecule has 0 aliphatic heterocycles. The number of rotatable bonds is 4. The number of likely N-dealkylation sites (N-methyl/N-ethyl adjacent to an activating group) is 1. The van der Waals surface area contributed by atoms with Crippen molar-refractivity contribution >= 4 is 11.3 Å². The summed E-state index contributed by atoms with van der Waals surface area (Å²) in [5.74, 6) is 0. The summed E-state index contributed by atoms with van der Waals surface area (Å²) in [6.45, 7) is 4.27. The summed E-state index contributed by atoms with van der Waals surface area (Å²) in [7, 11) is 3.74. The molecule has 0 saturated carbocycles. The molecule has 1 aromatic heterocycles. The molecular weight excluding hydrogens is 232 g/mol. The number of fused-ring (bicyclic) bond motifs is 1. The van der Waals surface area contributed by atoms with Crippen molar-refractivity contribution in [2.75, 3.05) is 14.2 Å². The van der Waals surface area contributed by atoms with Crippen molar-refractivity contribution in [3.63, 3.8) is 0 Å². The van der Waals surface area contributed by atoms with E-state index in [9.17, 15) is 0 Å². The van der Waals surface area contributed by atoms with E-state index in [4.69, 9.17) is 9.72 Å². The Morgan fingerprint density at radius 3 is 2.71 bits per heavy atom. The molecule has 4 heteroatoms. The molecule has 1 aliphatic rings. The second-order valence-corrected chi connectivity index (χ2v) is 6.01. The van der Waals surface area contributed by atoms with Crippen LogP contribution in [0, 0.1) is 0 Å². The minimum atomic E-state index is -0.184. The van der Waals surface area contributed by atoms with Crippen molar-refractivity contribution in [1.29, 1.82) is 0 Å². The highest BCUT2D eigenvalue weighted by atomic mass is 32.1. The minimum absolute atomic E-state index is 0.111. The molecule has 2 rings (SSSR count). The van der Waals surface area contributed by atoms with Gasteiger partial charge in [0.05, 0.1) is 17.3 Å². The van der Waals surface area contributed by atoms with Gasteiger partial charge in [0.25, 0.3) is 0 Å². The zero-order chi connectivity index (χ0) is 12.5. The lowest BCUT2D eigenvalue weighted by atomic mass is 9.96. The molecule has 96 valence electrons. The van der Waals surface area contributed by atoms with Crippen LogP contribution in [-0.2, 0) is 23.1 Å². The fourth-order valence-corrected chi connectivity index (χ4v) is 3.68. The molecule has 17 heavy (non-hydrogen) atoms. The summed E-state index contributed by atoms with van der Waals surface area (Å²) in [5, 5.41) is 4.55. The molecule has 0 amide bonds. The first-order chi connectivity index (χ1) is 8.11. The first kappa shape index (κ1) is 13.0. The number of nitrogens with one attached hydrogen (secondary N) is 1. The second kappa shape index (κ2) is 5.04. The Bertz CT molecular complexity index is 367. The smallest absolute Gasteiger partial charge is 0.116 e. The molecule has 1 aliphatic carbocycles. The van der Waals surface area contributed by atoms with Crippen molar-refractivity contribution in [1.82, 2.24) is 10.3 Å². The molecule has 1 aromatic rings. The highest BCUT2D eigenvalue weighted by Gasteiger charge is 2.36. The molecule has 2 unspecified atom stereocenters. The number of hydrogen-bond acceptors (Lipinski definition) is 4. The number of hydrogen-bond donors (Lipinski definition) is 1. The standard InChI is InChI=1S/C13H22N2OS/c1-9(16-4)13(2,14-3)12-15-10-7-5-6-8-11(10)17-12/h9,14H,5-8H2,1-4H3. The van der Waals surface area contributed by atoms with Crippen LogP contribution >= 0.6 is 11.3 Å². The summed E-state index contributed by atoms with van der Waals surface area (Å²) in [4.78, 5) is 6.32. The van der Waals surface area contributed by atoms with Gasteiger partial charge in [-0.2, -0.15) is 0 Å². The highest BCUT2D eigenvalue weighted by molar-refractivity contribution is 7.11. The maximum atomic E-state index is 5.50. The van der Waals surface area contributed by atoms with Crippen molar-refractivity contribution in [2.45, 2.75) is 51.2 Å². The number of ether oxygens (including phenoxy) is 1. The van der Waals surface area contributed by atoms with Gasteiger partial charge < -0.3 is 10.1 Å². The molecule has 0 fully saturated rings. The summed E-state index contributed by atoms with van der Waals surface area (Å²) >= 11 is 1.86. The predicted molar refractivity (Wildman–Crippen MR) is 71.6 cm³/mol. The Balaban J connectivity index is 2.34. The third kappa shape index (κ3) is 2.26. The van der Waals surface area contributed by atoms with Crippen LogP contribution in [0.2, 0.25) is 0 Å². The van der Waals surface area contributed by atoms with E-state index in [1.54, 1.807) is 7.11 Å². The Morgan fingerprint density at radius 2 is 2.12 bits per heavy atom. The maximum Gasteiger partial charge on any atom is 0.116 e. The van der Waals surface area contributed by atoms with Crippen LogP contribution in [0.5, 0.6) is 0 Å². The summed E-state index contributed by atoms with van der Waals surface area (Å²) in [6.07, 6.45) is 5.05. The monoisotopic (exact) mass is 254 g/mol. The second-order valence-electron chi connectivity index (χ2n) is 4.93. The Labute approximate surface area is 108 Å². The molecular formula is C13H22N2OS. The quantitative estimate of drug-likeness (QED) is 0.896. The van der Waals surface area contributed by atoms with Crippen LogP contribution in [-0.4, -0.2) is 25.2 Å². The molecule has 0 aromatic carbocycles. The SMILES string of the molecule is CNC(C)(c1nc2c(s1)CCCC2)C(C)OC. The van der Waals surface area contributed by atoms with Gasteiger partial charge in [-0.25, -0.2) is 4.98 Å². The van der Waals surface area contributed by atoms with Crippen molar-refractivity contribution in [3.05, 3.63) is 15.6 Å². The molecule has 3 nitrogen and oxygen atoms in total. The Kier molecular flexibility index (Phi) is 3.85. The highest BCUT2D eigenvalue weighted by Crippen LogP contribution is 2.34. The van der Waals surface area contributed by atoms with Crippen molar-refractivity contribution in [2.24, 2.45) is 0 Å². The van der Waals surface area contributed by atoms with Crippen LogP contribution < -0.4 is 5.32 Å². The van der Waals surface area contributed by atoms with E-state index in [-0.39, 0.29) is 11.6 Å². The average Bonchev–Trinajstić information content (AvgIpc) is 2.80. The van der Waals surface area contributed by atoms with Gasteiger partial charge in [0.2, 0.25) is 0 Å². The molecule has 1 heterocycles. The zero-order valence-electron chi connectivity index (χ0n) is 11.2. The first-order valence-corrected chi connectivity index (χ1v) is 7.14. The van der Waals surface area contributed by atoms with E-state index in [1.165, 1.54) is 34.8 Å². The van der Waals surface area contributed by atoms with E-state index < -0.39 is 0 Å². The van der Waals surface area contributed by atoms with E-state index >= 15 is 0 Å². The number of aryl methyl sites for hydroxylation is 2. The zero-order valence-corrected chi connectivity index (χ0v) is 12.0. The first-order valence-electron chi connectivity index (χ1n) is 6.32. The number of nitrogens with zero attached hydrogens (tertiary/aromatic N) is 1. The molecule has 0 saturated heterocycles. The van der Waals surface area contributed by atoms with Crippen LogP contribution in [0.25, 0.3) is 0 Å². The lowest BCUT2D eigenvalue weighted by molar-refractivity contribution is 0.0399. The topological polar surface area (TPSA) is 34.2 Å². The average molecular weight is 254 g/mol. The third-order valence-electron chi connectivity index (χ3n) is 3.98. The summed E-state index contributed by atoms with van der Waals surface area (Å²) in [6, 6.07) is 0. The van der Waals surface area contributed by atoms with Gasteiger partial charge in [0.1, 0.15) is 5.01 Å². The van der Waals surface area contributed by atoms with Gasteiger partial charge in [-0.3, -0.25) is 0 Å². The largest absolute Gasteiger partial charge is 0.379 e. The van der Waals surface area contributed by atoms with Gasteiger partial charge in [-0.15, -0.1) is 11.3 Å².